The predicted octanol–water partition coefficient (Wildman–Crippen LogP) is 2.55. The lowest BCUT2D eigenvalue weighted by atomic mass is 10.0. The molecular weight excluding hydrogens is 350 g/mol. The number of quaternary nitrogens is 1. The molecule has 1 amide bonds. The number of fused-ring (bicyclic) bond motifs is 1. The van der Waals surface area contributed by atoms with Gasteiger partial charge in [-0.1, -0.05) is 29.8 Å². The van der Waals surface area contributed by atoms with Crippen LogP contribution in [0, 0.1) is 0 Å². The molecule has 0 aliphatic heterocycles. The fourth-order valence-corrected chi connectivity index (χ4v) is 3.00. The summed E-state index contributed by atoms with van der Waals surface area (Å²) in [5.74, 6) is -0.136. The van der Waals surface area contributed by atoms with E-state index in [0.29, 0.717) is 16.3 Å². The van der Waals surface area contributed by atoms with Crippen LogP contribution in [-0.4, -0.2) is 36.3 Å². The maximum atomic E-state index is 12.9. The van der Waals surface area contributed by atoms with Gasteiger partial charge in [-0.2, -0.15) is 0 Å². The van der Waals surface area contributed by atoms with Crippen molar-refractivity contribution in [1.29, 1.82) is 0 Å². The maximum absolute atomic E-state index is 12.9. The Morgan fingerprint density at radius 3 is 2.58 bits per heavy atom. The number of likely N-dealkylation sites (N-methyl/N-ethyl adjacent to an activating group) is 1. The van der Waals surface area contributed by atoms with Gasteiger partial charge in [0.2, 0.25) is 5.78 Å². The number of nitrogens with one attached hydrogen (secondary N) is 3. The molecule has 134 valence electrons. The Bertz CT molecular complexity index is 934. The average Bonchev–Trinajstić information content (AvgIpc) is 3.06. The molecule has 0 aliphatic carbocycles. The molecule has 2 aromatic carbocycles. The third kappa shape index (κ3) is 3.95. The van der Waals surface area contributed by atoms with E-state index in [1.54, 1.807) is 30.5 Å². The third-order valence-corrected chi connectivity index (χ3v) is 4.81. The van der Waals surface area contributed by atoms with E-state index in [1.165, 1.54) is 0 Å². The average molecular weight is 371 g/mol. The highest BCUT2D eigenvalue weighted by Gasteiger charge is 2.26. The molecular formula is C20H21ClN3O2+. The monoisotopic (exact) mass is 370 g/mol. The number of halogens is 1. The van der Waals surface area contributed by atoms with Crippen molar-refractivity contribution in [1.82, 2.24) is 4.98 Å². The Balaban J connectivity index is 1.65. The van der Waals surface area contributed by atoms with Gasteiger partial charge in [0.15, 0.2) is 6.54 Å². The van der Waals surface area contributed by atoms with E-state index in [4.69, 9.17) is 11.6 Å². The van der Waals surface area contributed by atoms with E-state index in [-0.39, 0.29) is 24.3 Å². The number of benzene rings is 2. The fraction of sp³-hybridized carbons (Fsp3) is 0.200. The van der Waals surface area contributed by atoms with E-state index in [0.717, 1.165) is 15.8 Å². The number of anilines is 1. The largest absolute Gasteiger partial charge is 0.360 e. The first-order chi connectivity index (χ1) is 12.5. The fourth-order valence-electron chi connectivity index (χ4n) is 2.88. The number of carbonyl (C=O) groups is 2. The topological polar surface area (TPSA) is 66.4 Å². The van der Waals surface area contributed by atoms with Gasteiger partial charge in [-0.25, -0.2) is 0 Å². The molecule has 0 saturated carbocycles. The van der Waals surface area contributed by atoms with Crippen LogP contribution in [0.3, 0.4) is 0 Å². The molecule has 0 aliphatic rings. The van der Waals surface area contributed by atoms with Crippen LogP contribution in [0.2, 0.25) is 5.02 Å². The molecule has 1 aromatic heterocycles. The standard InChI is InChI=1S/C20H20ClN3O2/c1-13(20(26)17-11-22-18-6-4-3-5-16(17)18)24(2)12-19(25)23-15-9-7-14(21)8-10-15/h3-11,13,22H,12H2,1-2H3,(H,23,25)/p+1/t13-/m1/s1. The minimum atomic E-state index is -0.342. The summed E-state index contributed by atoms with van der Waals surface area (Å²) in [6.07, 6.45) is 1.74. The predicted molar refractivity (Wildman–Crippen MR) is 104 cm³/mol. The van der Waals surface area contributed by atoms with Crippen molar-refractivity contribution in [3.8, 4) is 0 Å². The number of rotatable bonds is 6. The lowest BCUT2D eigenvalue weighted by molar-refractivity contribution is -0.885. The van der Waals surface area contributed by atoms with Gasteiger partial charge in [0.1, 0.15) is 6.04 Å². The van der Waals surface area contributed by atoms with Gasteiger partial charge >= 0.3 is 0 Å². The summed E-state index contributed by atoms with van der Waals surface area (Å²) in [6.45, 7) is 2.03. The van der Waals surface area contributed by atoms with Crippen LogP contribution in [0.5, 0.6) is 0 Å². The van der Waals surface area contributed by atoms with Crippen molar-refractivity contribution < 1.29 is 14.5 Å². The van der Waals surface area contributed by atoms with Crippen molar-refractivity contribution in [3.63, 3.8) is 0 Å². The third-order valence-electron chi connectivity index (χ3n) is 4.55. The maximum Gasteiger partial charge on any atom is 0.279 e. The molecule has 3 N–H and O–H groups in total. The van der Waals surface area contributed by atoms with E-state index in [9.17, 15) is 9.59 Å². The number of hydrogen-bond donors (Lipinski definition) is 3. The van der Waals surface area contributed by atoms with Gasteiger partial charge in [0.05, 0.1) is 7.05 Å². The molecule has 1 unspecified atom stereocenters. The number of aromatic nitrogens is 1. The van der Waals surface area contributed by atoms with Crippen LogP contribution in [0.1, 0.15) is 17.3 Å². The van der Waals surface area contributed by atoms with Gasteiger partial charge in [0.25, 0.3) is 5.91 Å². The lowest BCUT2D eigenvalue weighted by Gasteiger charge is -2.20. The summed E-state index contributed by atoms with van der Waals surface area (Å²) < 4.78 is 0. The zero-order chi connectivity index (χ0) is 18.7. The van der Waals surface area contributed by atoms with Crippen molar-refractivity contribution in [2.75, 3.05) is 18.9 Å². The lowest BCUT2D eigenvalue weighted by Crippen LogP contribution is -3.14. The quantitative estimate of drug-likeness (QED) is 0.584. The van der Waals surface area contributed by atoms with Crippen LogP contribution >= 0.6 is 11.6 Å². The molecule has 1 heterocycles. The SMILES string of the molecule is C[C@H](C(=O)c1c[nH]c2ccccc12)[NH+](C)CC(=O)Nc1ccc(Cl)cc1. The molecule has 6 heteroatoms. The van der Waals surface area contributed by atoms with Gasteiger partial charge in [0, 0.05) is 33.4 Å². The second-order valence-corrected chi connectivity index (χ2v) is 6.85. The van der Waals surface area contributed by atoms with Crippen LogP contribution in [0.4, 0.5) is 5.69 Å². The second kappa shape index (κ2) is 7.72. The van der Waals surface area contributed by atoms with Crippen LogP contribution in [-0.2, 0) is 4.79 Å². The first-order valence-corrected chi connectivity index (χ1v) is 8.81. The molecule has 0 spiro atoms. The Labute approximate surface area is 157 Å². The minimum Gasteiger partial charge on any atom is -0.360 e. The number of carbonyl (C=O) groups excluding carboxylic acids is 2. The Kier molecular flexibility index (Phi) is 5.40. The molecule has 0 saturated heterocycles. The van der Waals surface area contributed by atoms with Crippen molar-refractivity contribution in [3.05, 3.63) is 65.3 Å². The van der Waals surface area contributed by atoms with Crippen molar-refractivity contribution >= 4 is 39.9 Å². The van der Waals surface area contributed by atoms with E-state index in [1.807, 2.05) is 38.2 Å². The Morgan fingerprint density at radius 2 is 1.85 bits per heavy atom. The summed E-state index contributed by atoms with van der Waals surface area (Å²) in [5, 5.41) is 4.34. The zero-order valence-corrected chi connectivity index (χ0v) is 15.4. The van der Waals surface area contributed by atoms with Gasteiger partial charge < -0.3 is 15.2 Å². The number of Topliss-reactive ketones (excluding diaryl/α,β-unsaturated/α-hetero) is 1. The van der Waals surface area contributed by atoms with Crippen molar-refractivity contribution in [2.24, 2.45) is 0 Å². The summed E-state index contributed by atoms with van der Waals surface area (Å²) in [7, 11) is 1.85. The van der Waals surface area contributed by atoms with Crippen molar-refractivity contribution in [2.45, 2.75) is 13.0 Å². The molecule has 3 rings (SSSR count). The summed E-state index contributed by atoms with van der Waals surface area (Å²) in [5.41, 5.74) is 2.27. The Morgan fingerprint density at radius 1 is 1.15 bits per heavy atom. The number of para-hydroxylation sites is 1. The molecule has 26 heavy (non-hydrogen) atoms. The zero-order valence-electron chi connectivity index (χ0n) is 14.7. The highest BCUT2D eigenvalue weighted by Crippen LogP contribution is 2.18. The molecule has 5 nitrogen and oxygen atoms in total. The number of ketones is 1. The molecule has 0 bridgehead atoms. The first kappa shape index (κ1) is 18.2. The first-order valence-electron chi connectivity index (χ1n) is 8.44. The highest BCUT2D eigenvalue weighted by atomic mass is 35.5. The van der Waals surface area contributed by atoms with Gasteiger partial charge in [-0.15, -0.1) is 0 Å². The van der Waals surface area contributed by atoms with Gasteiger partial charge in [-0.05, 0) is 37.3 Å². The van der Waals surface area contributed by atoms with E-state index < -0.39 is 0 Å². The van der Waals surface area contributed by atoms with Crippen LogP contribution in [0.25, 0.3) is 10.9 Å². The minimum absolute atomic E-state index is 0.0132. The molecule has 2 atom stereocenters. The highest BCUT2D eigenvalue weighted by molar-refractivity contribution is 6.30. The van der Waals surface area contributed by atoms with Gasteiger partial charge in [-0.3, -0.25) is 9.59 Å². The summed E-state index contributed by atoms with van der Waals surface area (Å²) >= 11 is 5.84. The Hall–Kier alpha value is -2.63. The molecule has 0 fully saturated rings. The smallest absolute Gasteiger partial charge is 0.279 e. The van der Waals surface area contributed by atoms with E-state index in [2.05, 4.69) is 10.3 Å². The molecule has 3 aromatic rings. The number of amides is 1. The van der Waals surface area contributed by atoms with Crippen LogP contribution in [0.15, 0.2) is 54.7 Å². The number of H-pyrrole nitrogens is 1. The number of hydrogen-bond acceptors (Lipinski definition) is 2. The normalized spacial score (nSPS) is 13.3. The van der Waals surface area contributed by atoms with Crippen LogP contribution < -0.4 is 10.2 Å². The van der Waals surface area contributed by atoms with E-state index >= 15 is 0 Å². The summed E-state index contributed by atoms with van der Waals surface area (Å²) in [6, 6.07) is 14.3. The molecule has 0 radical (unpaired) electrons. The summed E-state index contributed by atoms with van der Waals surface area (Å²) in [4.78, 5) is 29.0. The number of aromatic amines is 1. The second-order valence-electron chi connectivity index (χ2n) is 6.41.